The summed E-state index contributed by atoms with van der Waals surface area (Å²) in [4.78, 5) is 40.7. The van der Waals surface area contributed by atoms with E-state index in [1.807, 2.05) is 0 Å². The lowest BCUT2D eigenvalue weighted by Crippen LogP contribution is -2.32. The number of carbonyl (C=O) groups is 3. The van der Waals surface area contributed by atoms with Gasteiger partial charge in [-0.1, -0.05) is 17.2 Å². The van der Waals surface area contributed by atoms with Gasteiger partial charge in [0, 0.05) is 12.1 Å². The molecule has 0 saturated heterocycles. The van der Waals surface area contributed by atoms with Crippen LogP contribution in [0.15, 0.2) is 30.3 Å². The maximum absolute atomic E-state index is 12.9. The fraction of sp³-hybridized carbons (Fsp3) is 0.118. The van der Waals surface area contributed by atoms with Gasteiger partial charge in [0.1, 0.15) is 0 Å². The van der Waals surface area contributed by atoms with Crippen molar-refractivity contribution in [3.63, 3.8) is 0 Å². The van der Waals surface area contributed by atoms with E-state index >= 15 is 0 Å². The fourth-order valence-corrected chi connectivity index (χ4v) is 2.34. The molecule has 0 bridgehead atoms. The number of amides is 2. The molecule has 2 aromatic rings. The molecule has 0 N–H and O–H groups in total. The zero-order chi connectivity index (χ0) is 20.9. The number of halogens is 6. The van der Waals surface area contributed by atoms with Gasteiger partial charge >= 0.3 is 18.3 Å². The zero-order valence-electron chi connectivity index (χ0n) is 13.2. The van der Waals surface area contributed by atoms with Crippen LogP contribution < -0.4 is 0 Å². The van der Waals surface area contributed by atoms with E-state index in [1.165, 1.54) is 0 Å². The smallest absolute Gasteiger partial charge is 0.324 e. The first-order valence-corrected chi connectivity index (χ1v) is 7.22. The van der Waals surface area contributed by atoms with E-state index in [9.17, 15) is 40.7 Å². The first-order valence-electron chi connectivity index (χ1n) is 7.22. The molecule has 0 saturated carbocycles. The van der Waals surface area contributed by atoms with Crippen molar-refractivity contribution in [1.82, 2.24) is 5.06 Å². The molecule has 0 radical (unpaired) electrons. The van der Waals surface area contributed by atoms with Gasteiger partial charge < -0.3 is 4.84 Å². The number of rotatable bonds is 2. The Kier molecular flexibility index (Phi) is 4.30. The number of imide groups is 1. The monoisotopic (exact) mass is 401 g/mol. The van der Waals surface area contributed by atoms with Crippen LogP contribution in [-0.2, 0) is 17.2 Å². The molecule has 0 atom stereocenters. The molecule has 11 heteroatoms. The summed E-state index contributed by atoms with van der Waals surface area (Å²) in [7, 11) is 0. The van der Waals surface area contributed by atoms with Crippen molar-refractivity contribution >= 4 is 17.8 Å². The summed E-state index contributed by atoms with van der Waals surface area (Å²) in [5, 5.41) is -0.0534. The summed E-state index contributed by atoms with van der Waals surface area (Å²) in [6.45, 7) is 0. The van der Waals surface area contributed by atoms with E-state index in [1.54, 1.807) is 0 Å². The van der Waals surface area contributed by atoms with Crippen molar-refractivity contribution in [3.8, 4) is 0 Å². The van der Waals surface area contributed by atoms with Gasteiger partial charge in [-0.15, -0.1) is 0 Å². The summed E-state index contributed by atoms with van der Waals surface area (Å²) in [6.07, 6.45) is -10.4. The molecule has 144 valence electrons. The number of hydroxylamine groups is 2. The highest BCUT2D eigenvalue weighted by molar-refractivity contribution is 6.21. The minimum absolute atomic E-state index is 0.0534. The molecule has 2 aromatic carbocycles. The molecule has 0 aliphatic carbocycles. The molecule has 2 amide bonds. The summed E-state index contributed by atoms with van der Waals surface area (Å²) < 4.78 is 77.2. The number of hydrogen-bond acceptors (Lipinski definition) is 4. The second kappa shape index (κ2) is 6.26. The van der Waals surface area contributed by atoms with Crippen molar-refractivity contribution in [2.24, 2.45) is 0 Å². The number of hydrogen-bond donors (Lipinski definition) is 0. The van der Waals surface area contributed by atoms with Crippen molar-refractivity contribution in [2.45, 2.75) is 12.4 Å². The largest absolute Gasteiger partial charge is 0.416 e. The first-order chi connectivity index (χ1) is 12.9. The Morgan fingerprint density at radius 1 is 0.821 bits per heavy atom. The summed E-state index contributed by atoms with van der Waals surface area (Å²) in [5.74, 6) is -4.00. The number of alkyl halides is 6. The topological polar surface area (TPSA) is 63.7 Å². The van der Waals surface area contributed by atoms with Crippen LogP contribution in [0.4, 0.5) is 26.3 Å². The lowest BCUT2D eigenvalue weighted by molar-refractivity contribution is -0.143. The highest BCUT2D eigenvalue weighted by Crippen LogP contribution is 2.36. The maximum atomic E-state index is 12.9. The molecular weight excluding hydrogens is 396 g/mol. The summed E-state index contributed by atoms with van der Waals surface area (Å²) >= 11 is 0. The van der Waals surface area contributed by atoms with Crippen LogP contribution in [0.5, 0.6) is 0 Å². The van der Waals surface area contributed by atoms with E-state index in [0.29, 0.717) is 0 Å². The summed E-state index contributed by atoms with van der Waals surface area (Å²) in [5.41, 5.74) is -5.06. The van der Waals surface area contributed by atoms with E-state index in [0.717, 1.165) is 12.1 Å². The van der Waals surface area contributed by atoms with E-state index in [-0.39, 0.29) is 34.4 Å². The van der Waals surface area contributed by atoms with Crippen LogP contribution >= 0.6 is 0 Å². The van der Waals surface area contributed by atoms with Crippen LogP contribution in [0.2, 0.25) is 0 Å². The van der Waals surface area contributed by atoms with E-state index < -0.39 is 46.8 Å². The van der Waals surface area contributed by atoms with Gasteiger partial charge in [0.15, 0.2) is 0 Å². The molecule has 0 spiro atoms. The molecule has 3 rings (SSSR count). The highest BCUT2D eigenvalue weighted by Gasteiger charge is 2.41. The molecule has 1 aliphatic heterocycles. The average molecular weight is 401 g/mol. The van der Waals surface area contributed by atoms with Crippen molar-refractivity contribution in [1.29, 1.82) is 0 Å². The van der Waals surface area contributed by atoms with E-state index in [4.69, 9.17) is 0 Å². The number of fused-ring (bicyclic) bond motifs is 1. The number of carbonyl (C=O) groups excluding carboxylic acids is 3. The van der Waals surface area contributed by atoms with E-state index in [2.05, 4.69) is 17.0 Å². The highest BCUT2D eigenvalue weighted by atomic mass is 19.4. The quantitative estimate of drug-likeness (QED) is 0.569. The molecule has 1 heterocycles. The van der Waals surface area contributed by atoms with Crippen LogP contribution in [0.1, 0.15) is 42.2 Å². The fourth-order valence-electron chi connectivity index (χ4n) is 2.34. The van der Waals surface area contributed by atoms with Gasteiger partial charge in [0.25, 0.3) is 11.8 Å². The van der Waals surface area contributed by atoms with Gasteiger partial charge in [0.05, 0.1) is 27.8 Å². The van der Waals surface area contributed by atoms with Crippen LogP contribution in [0.3, 0.4) is 0 Å². The molecule has 0 unspecified atom stereocenters. The second-order valence-electron chi connectivity index (χ2n) is 5.48. The minimum atomic E-state index is -5.18. The van der Waals surface area contributed by atoms with Gasteiger partial charge in [-0.05, 0) is 18.2 Å². The Balaban J connectivity index is 1.95. The summed E-state index contributed by atoms with van der Waals surface area (Å²) in [6, 6.07) is 6.96. The normalized spacial score (nSPS) is 14.0. The molecular formula is C17H5F6NO4. The maximum Gasteiger partial charge on any atom is 0.416 e. The van der Waals surface area contributed by atoms with Crippen LogP contribution in [0.25, 0.3) is 0 Å². The second-order valence-corrected chi connectivity index (χ2v) is 5.48. The lowest BCUT2D eigenvalue weighted by atomic mass is 10.0. The van der Waals surface area contributed by atoms with Crippen molar-refractivity contribution < 1.29 is 45.6 Å². The van der Waals surface area contributed by atoms with Crippen LogP contribution in [-0.4, -0.2) is 22.8 Å². The Morgan fingerprint density at radius 2 is 1.25 bits per heavy atom. The molecule has 0 aromatic heterocycles. The third kappa shape index (κ3) is 3.36. The Labute approximate surface area is 152 Å². The van der Waals surface area contributed by atoms with Crippen molar-refractivity contribution in [2.75, 3.05) is 0 Å². The Bertz CT molecular complexity index is 929. The predicted molar refractivity (Wildman–Crippen MR) is 76.5 cm³/mol. The van der Waals surface area contributed by atoms with Crippen molar-refractivity contribution in [3.05, 3.63) is 70.3 Å². The molecule has 28 heavy (non-hydrogen) atoms. The molecule has 5 nitrogen and oxygen atoms in total. The number of benzene rings is 1. The minimum Gasteiger partial charge on any atom is -0.324 e. The standard InChI is InChI=1S/C17H5F6NO4/c18-16(19,20)9-5-8(6-10(7-9)17(21,22)23)15(27)28-24-13(25)11-3-1-2-4-12(11)14(24)26/h3-7H. The number of nitrogens with zero attached hydrogens (tertiary/aromatic N) is 1. The zero-order valence-corrected chi connectivity index (χ0v) is 13.2. The van der Waals surface area contributed by atoms with Gasteiger partial charge in [0.2, 0.25) is 0 Å². The van der Waals surface area contributed by atoms with Gasteiger partial charge in [-0.3, -0.25) is 9.59 Å². The third-order valence-corrected chi connectivity index (χ3v) is 3.63. The van der Waals surface area contributed by atoms with Crippen LogP contribution in [0, 0.1) is 12.1 Å². The first kappa shape index (κ1) is 19.2. The Morgan fingerprint density at radius 3 is 1.64 bits per heavy atom. The van der Waals surface area contributed by atoms with Gasteiger partial charge in [-0.2, -0.15) is 26.3 Å². The lowest BCUT2D eigenvalue weighted by Gasteiger charge is -2.16. The third-order valence-electron chi connectivity index (χ3n) is 3.63. The Hall–Kier alpha value is -3.55. The van der Waals surface area contributed by atoms with Gasteiger partial charge in [-0.25, -0.2) is 4.79 Å². The predicted octanol–water partition coefficient (Wildman–Crippen LogP) is 3.69. The molecule has 1 aliphatic rings. The average Bonchev–Trinajstić information content (AvgIpc) is 2.85. The molecule has 0 fully saturated rings. The SMILES string of the molecule is O=C(ON1C(=O)c2cc#ccc2C1=O)c1cc(C(F)(F)F)cc(C(F)(F)F)c1.